The number of carbonyl (C=O) groups excluding carboxylic acids is 2. The standard InChI is InChI=1S/C18H21N3O4/c19-18(23)21(24)12-5-4-11-20-17(22)14-7-6-10-16(13-14)25-15-8-2-1-3-9-15/h1-3,6-10,13,24H,4-5,11-12H2,(H2,19,23)(H,20,22). The maximum atomic E-state index is 12.2. The van der Waals surface area contributed by atoms with Gasteiger partial charge in [-0.15, -0.1) is 0 Å². The van der Waals surface area contributed by atoms with Crippen molar-refractivity contribution in [1.29, 1.82) is 0 Å². The largest absolute Gasteiger partial charge is 0.457 e. The molecule has 2 rings (SSSR count). The van der Waals surface area contributed by atoms with Crippen molar-refractivity contribution in [2.24, 2.45) is 5.73 Å². The summed E-state index contributed by atoms with van der Waals surface area (Å²) in [5.74, 6) is 1.06. The number of primary amides is 1. The molecule has 132 valence electrons. The number of para-hydroxylation sites is 1. The second-order valence-electron chi connectivity index (χ2n) is 5.37. The molecule has 7 heteroatoms. The summed E-state index contributed by atoms with van der Waals surface area (Å²) in [6, 6.07) is 15.3. The highest BCUT2D eigenvalue weighted by molar-refractivity contribution is 5.94. The number of nitrogens with zero attached hydrogens (tertiary/aromatic N) is 1. The Hall–Kier alpha value is -3.06. The Morgan fingerprint density at radius 2 is 1.76 bits per heavy atom. The van der Waals surface area contributed by atoms with Crippen LogP contribution in [0.15, 0.2) is 54.6 Å². The third kappa shape index (κ3) is 6.15. The first-order valence-electron chi connectivity index (χ1n) is 7.93. The molecule has 7 nitrogen and oxygen atoms in total. The topological polar surface area (TPSA) is 105 Å². The highest BCUT2D eigenvalue weighted by atomic mass is 16.5. The fourth-order valence-corrected chi connectivity index (χ4v) is 2.13. The van der Waals surface area contributed by atoms with Crippen LogP contribution in [0, 0.1) is 0 Å². The van der Waals surface area contributed by atoms with Crippen LogP contribution in [-0.2, 0) is 0 Å². The maximum Gasteiger partial charge on any atom is 0.338 e. The van der Waals surface area contributed by atoms with Crippen LogP contribution in [0.2, 0.25) is 0 Å². The lowest BCUT2D eigenvalue weighted by Crippen LogP contribution is -2.33. The molecule has 0 radical (unpaired) electrons. The number of urea groups is 1. The van der Waals surface area contributed by atoms with E-state index >= 15 is 0 Å². The van der Waals surface area contributed by atoms with E-state index in [4.69, 9.17) is 15.7 Å². The molecule has 0 unspecified atom stereocenters. The zero-order chi connectivity index (χ0) is 18.1. The summed E-state index contributed by atoms with van der Waals surface area (Å²) < 4.78 is 5.70. The van der Waals surface area contributed by atoms with Gasteiger partial charge in [-0.05, 0) is 43.2 Å². The van der Waals surface area contributed by atoms with Crippen molar-refractivity contribution in [2.75, 3.05) is 13.1 Å². The van der Waals surface area contributed by atoms with Crippen molar-refractivity contribution in [3.05, 3.63) is 60.2 Å². The lowest BCUT2D eigenvalue weighted by atomic mass is 10.2. The molecule has 0 fully saturated rings. The van der Waals surface area contributed by atoms with E-state index in [0.29, 0.717) is 41.5 Å². The molecular formula is C18H21N3O4. The van der Waals surface area contributed by atoms with E-state index < -0.39 is 6.03 Å². The lowest BCUT2D eigenvalue weighted by Gasteiger charge is -2.11. The zero-order valence-electron chi connectivity index (χ0n) is 13.7. The minimum absolute atomic E-state index is 0.131. The van der Waals surface area contributed by atoms with Gasteiger partial charge in [0.1, 0.15) is 11.5 Å². The molecule has 3 amide bonds. The molecule has 0 saturated heterocycles. The summed E-state index contributed by atoms with van der Waals surface area (Å²) in [5, 5.41) is 12.4. The quantitative estimate of drug-likeness (QED) is 0.389. The van der Waals surface area contributed by atoms with E-state index in [1.807, 2.05) is 30.3 Å². The van der Waals surface area contributed by atoms with Gasteiger partial charge >= 0.3 is 6.03 Å². The van der Waals surface area contributed by atoms with Crippen LogP contribution in [0.4, 0.5) is 4.79 Å². The van der Waals surface area contributed by atoms with E-state index in [1.54, 1.807) is 24.3 Å². The summed E-state index contributed by atoms with van der Waals surface area (Å²) >= 11 is 0. The van der Waals surface area contributed by atoms with E-state index in [2.05, 4.69) is 5.32 Å². The van der Waals surface area contributed by atoms with Crippen LogP contribution in [0.5, 0.6) is 11.5 Å². The SMILES string of the molecule is NC(=O)N(O)CCCCNC(=O)c1cccc(Oc2ccccc2)c1. The summed E-state index contributed by atoms with van der Waals surface area (Å²) in [6.45, 7) is 0.556. The fraction of sp³-hybridized carbons (Fsp3) is 0.222. The number of carbonyl (C=O) groups is 2. The number of hydrogen-bond acceptors (Lipinski definition) is 4. The molecule has 0 aliphatic carbocycles. The Balaban J connectivity index is 1.80. The van der Waals surface area contributed by atoms with Gasteiger partial charge in [-0.2, -0.15) is 0 Å². The van der Waals surface area contributed by atoms with Crippen molar-refractivity contribution < 1.29 is 19.5 Å². The molecule has 0 bridgehead atoms. The van der Waals surface area contributed by atoms with Crippen LogP contribution in [0.1, 0.15) is 23.2 Å². The zero-order valence-corrected chi connectivity index (χ0v) is 13.7. The molecule has 0 aliphatic rings. The van der Waals surface area contributed by atoms with Crippen molar-refractivity contribution in [3.63, 3.8) is 0 Å². The van der Waals surface area contributed by atoms with Gasteiger partial charge in [0.05, 0.1) is 6.54 Å². The number of nitrogens with one attached hydrogen (secondary N) is 1. The van der Waals surface area contributed by atoms with Crippen molar-refractivity contribution in [1.82, 2.24) is 10.4 Å². The van der Waals surface area contributed by atoms with Crippen molar-refractivity contribution in [3.8, 4) is 11.5 Å². The van der Waals surface area contributed by atoms with Crippen LogP contribution in [-0.4, -0.2) is 35.3 Å². The molecule has 0 spiro atoms. The van der Waals surface area contributed by atoms with E-state index in [1.165, 1.54) is 0 Å². The third-order valence-electron chi connectivity index (χ3n) is 3.41. The smallest absolute Gasteiger partial charge is 0.338 e. The highest BCUT2D eigenvalue weighted by Gasteiger charge is 2.08. The van der Waals surface area contributed by atoms with E-state index in [0.717, 1.165) is 0 Å². The number of benzene rings is 2. The van der Waals surface area contributed by atoms with Crippen LogP contribution in [0.25, 0.3) is 0 Å². The molecule has 0 heterocycles. The average Bonchev–Trinajstić information content (AvgIpc) is 2.62. The third-order valence-corrected chi connectivity index (χ3v) is 3.41. The Morgan fingerprint density at radius 1 is 1.04 bits per heavy atom. The maximum absolute atomic E-state index is 12.2. The lowest BCUT2D eigenvalue weighted by molar-refractivity contribution is -0.0401. The van der Waals surface area contributed by atoms with Gasteiger partial charge in [0.2, 0.25) is 0 Å². The molecule has 0 saturated carbocycles. The van der Waals surface area contributed by atoms with Crippen LogP contribution < -0.4 is 15.8 Å². The van der Waals surface area contributed by atoms with Gasteiger partial charge in [0.15, 0.2) is 0 Å². The van der Waals surface area contributed by atoms with E-state index in [-0.39, 0.29) is 12.5 Å². The Bertz CT molecular complexity index is 706. The molecule has 2 aromatic carbocycles. The van der Waals surface area contributed by atoms with Crippen molar-refractivity contribution in [2.45, 2.75) is 12.8 Å². The normalized spacial score (nSPS) is 10.1. The molecule has 0 aliphatic heterocycles. The number of rotatable bonds is 8. The average molecular weight is 343 g/mol. The minimum atomic E-state index is -0.890. The number of unbranched alkanes of at least 4 members (excludes halogenated alkanes) is 1. The van der Waals surface area contributed by atoms with Gasteiger partial charge in [-0.1, -0.05) is 24.3 Å². The van der Waals surface area contributed by atoms with Gasteiger partial charge in [0.25, 0.3) is 5.91 Å². The van der Waals surface area contributed by atoms with Gasteiger partial charge in [-0.25, -0.2) is 9.86 Å². The second kappa shape index (κ2) is 9.29. The highest BCUT2D eigenvalue weighted by Crippen LogP contribution is 2.21. The predicted molar refractivity (Wildman–Crippen MR) is 92.6 cm³/mol. The fourth-order valence-electron chi connectivity index (χ4n) is 2.13. The number of hydroxylamine groups is 2. The number of ether oxygens (including phenoxy) is 1. The summed E-state index contributed by atoms with van der Waals surface area (Å²) in [6.07, 6.45) is 1.13. The van der Waals surface area contributed by atoms with Gasteiger partial charge in [0, 0.05) is 12.1 Å². The molecule has 2 aromatic rings. The Morgan fingerprint density at radius 3 is 2.48 bits per heavy atom. The van der Waals surface area contributed by atoms with E-state index in [9.17, 15) is 9.59 Å². The first kappa shape index (κ1) is 18.3. The van der Waals surface area contributed by atoms with Gasteiger partial charge in [-0.3, -0.25) is 10.0 Å². The summed E-state index contributed by atoms with van der Waals surface area (Å²) in [4.78, 5) is 22.8. The first-order chi connectivity index (χ1) is 12.1. The molecule has 0 atom stereocenters. The molecule has 25 heavy (non-hydrogen) atoms. The van der Waals surface area contributed by atoms with Gasteiger partial charge < -0.3 is 15.8 Å². The first-order valence-corrected chi connectivity index (χ1v) is 7.93. The van der Waals surface area contributed by atoms with Crippen molar-refractivity contribution >= 4 is 11.9 Å². The Labute approximate surface area is 146 Å². The monoisotopic (exact) mass is 343 g/mol. The molecule has 4 N–H and O–H groups in total. The van der Waals surface area contributed by atoms with Crippen LogP contribution in [0.3, 0.4) is 0 Å². The second-order valence-corrected chi connectivity index (χ2v) is 5.37. The molecular weight excluding hydrogens is 322 g/mol. The molecule has 0 aromatic heterocycles. The number of hydrogen-bond donors (Lipinski definition) is 3. The van der Waals surface area contributed by atoms with Crippen LogP contribution >= 0.6 is 0 Å². The summed E-state index contributed by atoms with van der Waals surface area (Å²) in [7, 11) is 0. The number of nitrogens with two attached hydrogens (primary N) is 1. The summed E-state index contributed by atoms with van der Waals surface area (Å²) in [5.41, 5.74) is 5.39. The Kier molecular flexibility index (Phi) is 6.79. The predicted octanol–water partition coefficient (Wildman–Crippen LogP) is 2.76. The minimum Gasteiger partial charge on any atom is -0.457 e. The number of amides is 3.